The molecule has 3 aromatic rings. The molecule has 2 N–H and O–H groups in total. The Morgan fingerprint density at radius 3 is 2.21 bits per heavy atom. The molecule has 0 saturated carbocycles. The molecule has 1 aromatic heterocycles. The molecule has 5 heteroatoms. The van der Waals surface area contributed by atoms with Crippen LogP contribution in [0.15, 0.2) is 60.7 Å². The van der Waals surface area contributed by atoms with Crippen molar-refractivity contribution in [1.29, 1.82) is 0 Å². The highest BCUT2D eigenvalue weighted by Gasteiger charge is 2.14. The van der Waals surface area contributed by atoms with Crippen molar-refractivity contribution < 1.29 is 4.79 Å². The zero-order valence-corrected chi connectivity index (χ0v) is 16.7. The van der Waals surface area contributed by atoms with E-state index in [1.165, 1.54) is 5.56 Å². The van der Waals surface area contributed by atoms with E-state index in [2.05, 4.69) is 46.6 Å². The first-order chi connectivity index (χ1) is 13.4. The van der Waals surface area contributed by atoms with Crippen LogP contribution in [-0.2, 0) is 0 Å². The smallest absolute Gasteiger partial charge is 0.270 e. The van der Waals surface area contributed by atoms with E-state index in [1.807, 2.05) is 56.3 Å². The third-order valence-electron chi connectivity index (χ3n) is 4.57. The van der Waals surface area contributed by atoms with Gasteiger partial charge in [-0.2, -0.15) is 0 Å². The Morgan fingerprint density at radius 2 is 1.57 bits per heavy atom. The summed E-state index contributed by atoms with van der Waals surface area (Å²) in [5.74, 6) is 0.668. The number of anilines is 2. The van der Waals surface area contributed by atoms with Crippen LogP contribution in [-0.4, -0.2) is 15.9 Å². The first-order valence-electron chi connectivity index (χ1n) is 9.51. The van der Waals surface area contributed by atoms with E-state index in [0.29, 0.717) is 17.6 Å². The molecular formula is C23H26N4O. The summed E-state index contributed by atoms with van der Waals surface area (Å²) >= 11 is 0. The minimum absolute atomic E-state index is 0.107. The molecule has 0 aliphatic heterocycles. The van der Waals surface area contributed by atoms with Gasteiger partial charge in [-0.25, -0.2) is 9.97 Å². The standard InChI is InChI=1S/C23H26N4O/c1-15(2)18-10-12-20(13-11-18)26-23-24-16(3)14-21(27-23)22(28)25-17(4)19-8-6-5-7-9-19/h5-15,17H,1-4H3,(H,25,28)(H,24,26,27). The van der Waals surface area contributed by atoms with Crippen LogP contribution in [0.4, 0.5) is 11.6 Å². The molecule has 144 valence electrons. The summed E-state index contributed by atoms with van der Waals surface area (Å²) in [6, 6.07) is 19.6. The lowest BCUT2D eigenvalue weighted by Crippen LogP contribution is -2.27. The average molecular weight is 374 g/mol. The SMILES string of the molecule is Cc1cc(C(=O)NC(C)c2ccccc2)nc(Nc2ccc(C(C)C)cc2)n1. The molecule has 0 saturated heterocycles. The van der Waals surface area contributed by atoms with E-state index in [0.717, 1.165) is 16.9 Å². The molecule has 2 aromatic carbocycles. The lowest BCUT2D eigenvalue weighted by molar-refractivity contribution is 0.0934. The van der Waals surface area contributed by atoms with Crippen LogP contribution in [0.25, 0.3) is 0 Å². The van der Waals surface area contributed by atoms with Crippen molar-refractivity contribution in [2.24, 2.45) is 0 Å². The monoisotopic (exact) mass is 374 g/mol. The van der Waals surface area contributed by atoms with Crippen molar-refractivity contribution in [3.05, 3.63) is 83.2 Å². The van der Waals surface area contributed by atoms with Crippen LogP contribution in [0, 0.1) is 6.92 Å². The third kappa shape index (κ3) is 4.94. The van der Waals surface area contributed by atoms with Gasteiger partial charge in [-0.1, -0.05) is 56.3 Å². The summed E-state index contributed by atoms with van der Waals surface area (Å²) in [6.07, 6.45) is 0. The number of nitrogens with one attached hydrogen (secondary N) is 2. The van der Waals surface area contributed by atoms with Crippen LogP contribution >= 0.6 is 0 Å². The van der Waals surface area contributed by atoms with Crippen LogP contribution in [0.1, 0.15) is 60.0 Å². The Kier molecular flexibility index (Phi) is 6.04. The highest BCUT2D eigenvalue weighted by molar-refractivity contribution is 5.93. The predicted octanol–water partition coefficient (Wildman–Crippen LogP) is 5.14. The summed E-state index contributed by atoms with van der Waals surface area (Å²) in [6.45, 7) is 8.13. The van der Waals surface area contributed by atoms with Crippen LogP contribution in [0.5, 0.6) is 0 Å². The predicted molar refractivity (Wildman–Crippen MR) is 113 cm³/mol. The minimum atomic E-state index is -0.222. The number of nitrogens with zero attached hydrogens (tertiary/aromatic N) is 2. The Labute approximate surface area is 166 Å². The van der Waals surface area contributed by atoms with E-state index in [4.69, 9.17) is 0 Å². The summed E-state index contributed by atoms with van der Waals surface area (Å²) < 4.78 is 0. The zero-order chi connectivity index (χ0) is 20.1. The number of aryl methyl sites for hydroxylation is 1. The lowest BCUT2D eigenvalue weighted by Gasteiger charge is -2.15. The molecule has 5 nitrogen and oxygen atoms in total. The normalized spacial score (nSPS) is 11.9. The fourth-order valence-corrected chi connectivity index (χ4v) is 2.92. The molecule has 1 atom stereocenters. The largest absolute Gasteiger partial charge is 0.344 e. The summed E-state index contributed by atoms with van der Waals surface area (Å²) in [7, 11) is 0. The van der Waals surface area contributed by atoms with E-state index >= 15 is 0 Å². The maximum Gasteiger partial charge on any atom is 0.270 e. The summed E-state index contributed by atoms with van der Waals surface area (Å²) in [5, 5.41) is 6.18. The number of aromatic nitrogens is 2. The van der Waals surface area contributed by atoms with Gasteiger partial charge in [0.15, 0.2) is 0 Å². The Bertz CT molecular complexity index is 937. The molecule has 0 aliphatic rings. The molecule has 1 heterocycles. The number of benzene rings is 2. The number of amides is 1. The second-order valence-electron chi connectivity index (χ2n) is 7.23. The molecular weight excluding hydrogens is 348 g/mol. The first kappa shape index (κ1) is 19.5. The van der Waals surface area contributed by atoms with Crippen molar-refractivity contribution >= 4 is 17.5 Å². The number of carbonyl (C=O) groups excluding carboxylic acids is 1. The van der Waals surface area contributed by atoms with Gasteiger partial charge in [0.1, 0.15) is 5.69 Å². The number of rotatable bonds is 6. The molecule has 0 fully saturated rings. The molecule has 28 heavy (non-hydrogen) atoms. The van der Waals surface area contributed by atoms with E-state index < -0.39 is 0 Å². The van der Waals surface area contributed by atoms with Gasteiger partial charge in [0.25, 0.3) is 5.91 Å². The van der Waals surface area contributed by atoms with E-state index in [-0.39, 0.29) is 11.9 Å². The quantitative estimate of drug-likeness (QED) is 0.627. The molecule has 0 spiro atoms. The van der Waals surface area contributed by atoms with Crippen molar-refractivity contribution in [3.8, 4) is 0 Å². The van der Waals surface area contributed by atoms with Gasteiger partial charge >= 0.3 is 0 Å². The molecule has 0 aliphatic carbocycles. The molecule has 1 unspecified atom stereocenters. The number of hydrogen-bond acceptors (Lipinski definition) is 4. The molecule has 0 radical (unpaired) electrons. The molecule has 3 rings (SSSR count). The van der Waals surface area contributed by atoms with Crippen molar-refractivity contribution in [2.75, 3.05) is 5.32 Å². The third-order valence-corrected chi connectivity index (χ3v) is 4.57. The Morgan fingerprint density at radius 1 is 0.893 bits per heavy atom. The maximum absolute atomic E-state index is 12.7. The molecule has 1 amide bonds. The number of carbonyl (C=O) groups is 1. The van der Waals surface area contributed by atoms with Gasteiger partial charge in [-0.3, -0.25) is 4.79 Å². The van der Waals surface area contributed by atoms with E-state index in [9.17, 15) is 4.79 Å². The van der Waals surface area contributed by atoms with Crippen molar-refractivity contribution in [2.45, 2.75) is 39.7 Å². The topological polar surface area (TPSA) is 66.9 Å². The lowest BCUT2D eigenvalue weighted by atomic mass is 10.0. The summed E-state index contributed by atoms with van der Waals surface area (Å²) in [5.41, 5.74) is 4.28. The second kappa shape index (κ2) is 8.65. The fourth-order valence-electron chi connectivity index (χ4n) is 2.92. The van der Waals surface area contributed by atoms with Crippen molar-refractivity contribution in [3.63, 3.8) is 0 Å². The van der Waals surface area contributed by atoms with Gasteiger partial charge in [-0.05, 0) is 49.1 Å². The zero-order valence-electron chi connectivity index (χ0n) is 16.7. The van der Waals surface area contributed by atoms with Crippen molar-refractivity contribution in [1.82, 2.24) is 15.3 Å². The van der Waals surface area contributed by atoms with Gasteiger partial charge in [0, 0.05) is 11.4 Å². The minimum Gasteiger partial charge on any atom is -0.344 e. The van der Waals surface area contributed by atoms with Gasteiger partial charge < -0.3 is 10.6 Å². The second-order valence-corrected chi connectivity index (χ2v) is 7.23. The van der Waals surface area contributed by atoms with Gasteiger partial charge in [-0.15, -0.1) is 0 Å². The van der Waals surface area contributed by atoms with E-state index in [1.54, 1.807) is 6.07 Å². The maximum atomic E-state index is 12.7. The summed E-state index contributed by atoms with van der Waals surface area (Å²) in [4.78, 5) is 21.5. The first-order valence-corrected chi connectivity index (χ1v) is 9.51. The van der Waals surface area contributed by atoms with Gasteiger partial charge in [0.05, 0.1) is 6.04 Å². The Balaban J connectivity index is 1.74. The van der Waals surface area contributed by atoms with Crippen LogP contribution < -0.4 is 10.6 Å². The van der Waals surface area contributed by atoms with Gasteiger partial charge in [0.2, 0.25) is 5.95 Å². The Hall–Kier alpha value is -3.21. The average Bonchev–Trinajstić information content (AvgIpc) is 2.68. The highest BCUT2D eigenvalue weighted by Crippen LogP contribution is 2.20. The highest BCUT2D eigenvalue weighted by atomic mass is 16.1. The molecule has 0 bridgehead atoms. The fraction of sp³-hybridized carbons (Fsp3) is 0.261. The van der Waals surface area contributed by atoms with Crippen LogP contribution in [0.2, 0.25) is 0 Å². The number of hydrogen-bond donors (Lipinski definition) is 2. The van der Waals surface area contributed by atoms with Crippen LogP contribution in [0.3, 0.4) is 0 Å².